The molecule has 0 bridgehead atoms. The van der Waals surface area contributed by atoms with E-state index in [1.54, 1.807) is 12.1 Å². The minimum atomic E-state index is -0.355. The van der Waals surface area contributed by atoms with Gasteiger partial charge in [-0.25, -0.2) is 4.39 Å². The molecule has 1 aliphatic carbocycles. The number of carbonyl (C=O) groups excluding carboxylic acids is 2. The van der Waals surface area contributed by atoms with Gasteiger partial charge in [-0.1, -0.05) is 17.7 Å². The molecule has 0 atom stereocenters. The molecule has 2 heterocycles. The monoisotopic (exact) mass is 475 g/mol. The topological polar surface area (TPSA) is 64.4 Å². The minimum absolute atomic E-state index is 0.0283. The van der Waals surface area contributed by atoms with Crippen LogP contribution in [-0.2, 0) is 33.8 Å². The number of carbonyl (C=O) groups is 2. The molecule has 2 aliphatic rings. The Morgan fingerprint density at radius 2 is 2.00 bits per heavy atom. The number of aryl methyl sites for hydroxylation is 1. The molecule has 1 saturated carbocycles. The SMILES string of the molecule is CCOC(=O)[C@H]1CC[C@@H](CC(=O)N2CCc3c(C)nn(Cc4ccc(Cl)cc4F)c3C2)CC1. The number of amides is 1. The van der Waals surface area contributed by atoms with Gasteiger partial charge in [-0.15, -0.1) is 0 Å². The summed E-state index contributed by atoms with van der Waals surface area (Å²) in [7, 11) is 0. The molecule has 1 aromatic carbocycles. The lowest BCUT2D eigenvalue weighted by molar-refractivity contribution is -0.149. The van der Waals surface area contributed by atoms with Crippen LogP contribution in [0, 0.1) is 24.6 Å². The summed E-state index contributed by atoms with van der Waals surface area (Å²) in [6.07, 6.45) is 4.59. The van der Waals surface area contributed by atoms with E-state index in [0.29, 0.717) is 49.2 Å². The molecule has 4 rings (SSSR count). The maximum atomic E-state index is 14.3. The van der Waals surface area contributed by atoms with Gasteiger partial charge >= 0.3 is 5.97 Å². The van der Waals surface area contributed by atoms with Crippen molar-refractivity contribution in [3.8, 4) is 0 Å². The van der Waals surface area contributed by atoms with Crippen LogP contribution >= 0.6 is 11.6 Å². The number of nitrogens with zero attached hydrogens (tertiary/aromatic N) is 3. The van der Waals surface area contributed by atoms with E-state index < -0.39 is 0 Å². The summed E-state index contributed by atoms with van der Waals surface area (Å²) in [5.74, 6) is -0.0414. The number of aromatic nitrogens is 2. The molecule has 178 valence electrons. The lowest BCUT2D eigenvalue weighted by Gasteiger charge is -2.31. The Hall–Kier alpha value is -2.41. The van der Waals surface area contributed by atoms with Crippen LogP contribution in [0.25, 0.3) is 0 Å². The van der Waals surface area contributed by atoms with Gasteiger partial charge in [0, 0.05) is 23.6 Å². The molecule has 2 aromatic rings. The molecule has 0 radical (unpaired) electrons. The second-order valence-electron chi connectivity index (χ2n) is 9.14. The van der Waals surface area contributed by atoms with Crippen LogP contribution in [0.1, 0.15) is 61.5 Å². The van der Waals surface area contributed by atoms with Gasteiger partial charge in [0.1, 0.15) is 5.82 Å². The highest BCUT2D eigenvalue weighted by molar-refractivity contribution is 6.30. The van der Waals surface area contributed by atoms with Gasteiger partial charge in [-0.3, -0.25) is 14.3 Å². The first-order valence-electron chi connectivity index (χ1n) is 11.8. The van der Waals surface area contributed by atoms with Crippen molar-refractivity contribution in [3.63, 3.8) is 0 Å². The number of rotatable bonds is 6. The lowest BCUT2D eigenvalue weighted by Crippen LogP contribution is -2.38. The predicted octanol–water partition coefficient (Wildman–Crippen LogP) is 4.68. The molecule has 0 spiro atoms. The van der Waals surface area contributed by atoms with E-state index in [0.717, 1.165) is 49.1 Å². The highest BCUT2D eigenvalue weighted by Crippen LogP contribution is 2.33. The maximum absolute atomic E-state index is 14.3. The Labute approximate surface area is 199 Å². The average Bonchev–Trinajstić information content (AvgIpc) is 3.11. The fourth-order valence-corrected chi connectivity index (χ4v) is 5.23. The smallest absolute Gasteiger partial charge is 0.308 e. The zero-order valence-corrected chi connectivity index (χ0v) is 20.0. The van der Waals surface area contributed by atoms with Crippen LogP contribution in [-0.4, -0.2) is 39.7 Å². The number of hydrogen-bond donors (Lipinski definition) is 0. The molecule has 0 saturated heterocycles. The third-order valence-corrected chi connectivity index (χ3v) is 7.19. The molecule has 1 aromatic heterocycles. The zero-order chi connectivity index (χ0) is 23.5. The fourth-order valence-electron chi connectivity index (χ4n) is 5.07. The van der Waals surface area contributed by atoms with Crippen LogP contribution in [0.3, 0.4) is 0 Å². The van der Waals surface area contributed by atoms with Gasteiger partial charge in [0.2, 0.25) is 5.91 Å². The van der Waals surface area contributed by atoms with Crippen molar-refractivity contribution in [1.82, 2.24) is 14.7 Å². The third-order valence-electron chi connectivity index (χ3n) is 6.96. The van der Waals surface area contributed by atoms with Gasteiger partial charge in [0.05, 0.1) is 37.0 Å². The molecule has 33 heavy (non-hydrogen) atoms. The first-order chi connectivity index (χ1) is 15.9. The molecular weight excluding hydrogens is 445 g/mol. The number of fused-ring (bicyclic) bond motifs is 1. The van der Waals surface area contributed by atoms with Crippen molar-refractivity contribution in [1.29, 1.82) is 0 Å². The largest absolute Gasteiger partial charge is 0.466 e. The van der Waals surface area contributed by atoms with E-state index in [1.165, 1.54) is 6.07 Å². The number of hydrogen-bond acceptors (Lipinski definition) is 4. The number of ether oxygens (including phenoxy) is 1. The van der Waals surface area contributed by atoms with Crippen LogP contribution in [0.5, 0.6) is 0 Å². The molecule has 6 nitrogen and oxygen atoms in total. The Morgan fingerprint density at radius 3 is 2.70 bits per heavy atom. The van der Waals surface area contributed by atoms with Crippen LogP contribution in [0.2, 0.25) is 5.02 Å². The van der Waals surface area contributed by atoms with Crippen LogP contribution < -0.4 is 0 Å². The normalized spacial score (nSPS) is 20.4. The van der Waals surface area contributed by atoms with E-state index in [9.17, 15) is 14.0 Å². The Kier molecular flexibility index (Phi) is 7.37. The highest BCUT2D eigenvalue weighted by atomic mass is 35.5. The zero-order valence-electron chi connectivity index (χ0n) is 19.3. The van der Waals surface area contributed by atoms with Crippen molar-refractivity contribution in [2.24, 2.45) is 11.8 Å². The van der Waals surface area contributed by atoms with E-state index in [2.05, 4.69) is 5.10 Å². The highest BCUT2D eigenvalue weighted by Gasteiger charge is 2.31. The van der Waals surface area contributed by atoms with Crippen LogP contribution in [0.4, 0.5) is 4.39 Å². The standard InChI is InChI=1S/C25H31ClFN3O3/c1-3-33-25(32)18-6-4-17(5-7-18)12-24(31)29-11-10-21-16(2)28-30(23(21)15-29)14-19-8-9-20(26)13-22(19)27/h8-9,13,17-18H,3-7,10-12,14-15H2,1-2H3/t17-,18+. The van der Waals surface area contributed by atoms with E-state index >= 15 is 0 Å². The van der Waals surface area contributed by atoms with Crippen molar-refractivity contribution in [2.75, 3.05) is 13.2 Å². The molecule has 0 unspecified atom stereocenters. The summed E-state index contributed by atoms with van der Waals surface area (Å²) in [6, 6.07) is 4.67. The quantitative estimate of drug-likeness (QED) is 0.569. The van der Waals surface area contributed by atoms with Gasteiger partial charge in [-0.05, 0) is 69.6 Å². The summed E-state index contributed by atoms with van der Waals surface area (Å²) in [5.41, 5.74) is 3.59. The van der Waals surface area contributed by atoms with Crippen molar-refractivity contribution >= 4 is 23.5 Å². The number of benzene rings is 1. The molecule has 1 amide bonds. The first-order valence-corrected chi connectivity index (χ1v) is 12.2. The van der Waals surface area contributed by atoms with Crippen molar-refractivity contribution in [2.45, 2.75) is 65.5 Å². The molecule has 8 heteroatoms. The third kappa shape index (κ3) is 5.40. The van der Waals surface area contributed by atoms with E-state index in [-0.39, 0.29) is 23.6 Å². The second-order valence-corrected chi connectivity index (χ2v) is 9.58. The van der Waals surface area contributed by atoms with Gasteiger partial charge in [0.15, 0.2) is 0 Å². The summed E-state index contributed by atoms with van der Waals surface area (Å²) < 4.78 is 21.3. The van der Waals surface area contributed by atoms with Gasteiger partial charge in [-0.2, -0.15) is 5.10 Å². The number of esters is 1. The first kappa shape index (κ1) is 23.7. The Balaban J connectivity index is 1.38. The molecule has 1 aliphatic heterocycles. The molecule has 1 fully saturated rings. The maximum Gasteiger partial charge on any atom is 0.308 e. The van der Waals surface area contributed by atoms with Crippen molar-refractivity contribution in [3.05, 3.63) is 51.6 Å². The van der Waals surface area contributed by atoms with Gasteiger partial charge < -0.3 is 9.64 Å². The lowest BCUT2D eigenvalue weighted by atomic mass is 9.80. The summed E-state index contributed by atoms with van der Waals surface area (Å²) in [5, 5.41) is 5.00. The predicted molar refractivity (Wildman–Crippen MR) is 123 cm³/mol. The van der Waals surface area contributed by atoms with Crippen LogP contribution in [0.15, 0.2) is 18.2 Å². The van der Waals surface area contributed by atoms with E-state index in [1.807, 2.05) is 23.4 Å². The Morgan fingerprint density at radius 1 is 1.24 bits per heavy atom. The Bertz CT molecular complexity index is 1030. The fraction of sp³-hybridized carbons (Fsp3) is 0.560. The summed E-state index contributed by atoms with van der Waals surface area (Å²) in [6.45, 7) is 5.67. The minimum Gasteiger partial charge on any atom is -0.466 e. The second kappa shape index (κ2) is 10.2. The average molecular weight is 476 g/mol. The summed E-state index contributed by atoms with van der Waals surface area (Å²) in [4.78, 5) is 26.9. The molecule has 0 N–H and O–H groups in total. The van der Waals surface area contributed by atoms with Crippen molar-refractivity contribution < 1.29 is 18.7 Å². The summed E-state index contributed by atoms with van der Waals surface area (Å²) >= 11 is 5.88. The van der Waals surface area contributed by atoms with E-state index in [4.69, 9.17) is 16.3 Å². The van der Waals surface area contributed by atoms with Gasteiger partial charge in [0.25, 0.3) is 0 Å². The molecular formula is C25H31ClFN3O3. The number of halogens is 2.